The van der Waals surface area contributed by atoms with Crippen LogP contribution in [0.1, 0.15) is 10.5 Å². The fraction of sp³-hybridized carbons (Fsp3) is 0.583. The predicted molar refractivity (Wildman–Crippen MR) is 71.2 cm³/mol. The van der Waals surface area contributed by atoms with Gasteiger partial charge < -0.3 is 19.7 Å². The average Bonchev–Trinajstić information content (AvgIpc) is 2.44. The molecule has 0 saturated heterocycles. The Morgan fingerprint density at radius 3 is 2.84 bits per heavy atom. The highest BCUT2D eigenvalue weighted by atomic mass is 16.5. The Balaban J connectivity index is 2.39. The fourth-order valence-corrected chi connectivity index (χ4v) is 1.39. The molecule has 0 atom stereocenters. The van der Waals surface area contributed by atoms with E-state index in [-0.39, 0.29) is 5.69 Å². The predicted octanol–water partition coefficient (Wildman–Crippen LogP) is 0.253. The lowest BCUT2D eigenvalue weighted by atomic mass is 10.4. The van der Waals surface area contributed by atoms with Gasteiger partial charge in [0.05, 0.1) is 26.1 Å². The first-order chi connectivity index (χ1) is 9.17. The molecule has 7 nitrogen and oxygen atoms in total. The number of methoxy groups -OCH3 is 2. The van der Waals surface area contributed by atoms with Crippen molar-refractivity contribution in [3.05, 3.63) is 18.1 Å². The maximum Gasteiger partial charge on any atom is 0.358 e. The number of carbonyl (C=O) groups excluding carboxylic acids is 1. The molecule has 1 heterocycles. The largest absolute Gasteiger partial charge is 0.464 e. The molecule has 1 rings (SSSR count). The van der Waals surface area contributed by atoms with Gasteiger partial charge in [0, 0.05) is 26.7 Å². The number of hydrogen-bond acceptors (Lipinski definition) is 7. The number of ether oxygens (including phenoxy) is 2. The zero-order valence-corrected chi connectivity index (χ0v) is 11.5. The van der Waals surface area contributed by atoms with E-state index in [9.17, 15) is 4.79 Å². The number of esters is 1. The van der Waals surface area contributed by atoms with Crippen LogP contribution in [0.3, 0.4) is 0 Å². The summed E-state index contributed by atoms with van der Waals surface area (Å²) in [4.78, 5) is 21.5. The summed E-state index contributed by atoms with van der Waals surface area (Å²) >= 11 is 0. The molecule has 0 saturated carbocycles. The van der Waals surface area contributed by atoms with Crippen molar-refractivity contribution < 1.29 is 14.3 Å². The van der Waals surface area contributed by atoms with E-state index in [0.717, 1.165) is 13.1 Å². The van der Waals surface area contributed by atoms with Crippen LogP contribution in [-0.2, 0) is 9.47 Å². The molecule has 0 aliphatic heterocycles. The minimum Gasteiger partial charge on any atom is -0.464 e. The van der Waals surface area contributed by atoms with Crippen molar-refractivity contribution in [3.8, 4) is 0 Å². The number of likely N-dealkylation sites (N-methyl/N-ethyl adjacent to an activating group) is 1. The van der Waals surface area contributed by atoms with E-state index >= 15 is 0 Å². The van der Waals surface area contributed by atoms with Gasteiger partial charge in [0.15, 0.2) is 5.69 Å². The van der Waals surface area contributed by atoms with Crippen molar-refractivity contribution >= 4 is 11.8 Å². The Morgan fingerprint density at radius 2 is 2.16 bits per heavy atom. The second-order valence-electron chi connectivity index (χ2n) is 4.00. The lowest BCUT2D eigenvalue weighted by molar-refractivity contribution is 0.0593. The number of rotatable bonds is 8. The smallest absolute Gasteiger partial charge is 0.358 e. The summed E-state index contributed by atoms with van der Waals surface area (Å²) in [6, 6.07) is 0. The molecule has 0 aliphatic carbocycles. The molecule has 1 aromatic heterocycles. The highest BCUT2D eigenvalue weighted by molar-refractivity contribution is 5.87. The van der Waals surface area contributed by atoms with Crippen LogP contribution in [0, 0.1) is 0 Å². The maximum atomic E-state index is 11.3. The van der Waals surface area contributed by atoms with Gasteiger partial charge in [-0.15, -0.1) is 0 Å². The Bertz CT molecular complexity index is 400. The second-order valence-corrected chi connectivity index (χ2v) is 4.00. The molecular weight excluding hydrogens is 248 g/mol. The third-order valence-electron chi connectivity index (χ3n) is 2.51. The molecule has 106 valence electrons. The molecule has 1 aromatic rings. The first-order valence-electron chi connectivity index (χ1n) is 5.99. The molecule has 0 unspecified atom stereocenters. The molecule has 0 radical (unpaired) electrons. The van der Waals surface area contributed by atoms with Crippen LogP contribution < -0.4 is 5.32 Å². The van der Waals surface area contributed by atoms with Crippen LogP contribution in [0.25, 0.3) is 0 Å². The number of aromatic nitrogens is 2. The van der Waals surface area contributed by atoms with Crippen LogP contribution in [0.15, 0.2) is 12.4 Å². The Hall–Kier alpha value is -1.73. The van der Waals surface area contributed by atoms with Gasteiger partial charge in [-0.05, 0) is 7.05 Å². The number of hydrogen-bond donors (Lipinski definition) is 1. The van der Waals surface area contributed by atoms with Crippen molar-refractivity contribution in [2.45, 2.75) is 0 Å². The molecule has 19 heavy (non-hydrogen) atoms. The van der Waals surface area contributed by atoms with Crippen LogP contribution >= 0.6 is 0 Å². The summed E-state index contributed by atoms with van der Waals surface area (Å²) in [6.45, 7) is 3.12. The van der Waals surface area contributed by atoms with Gasteiger partial charge in [-0.3, -0.25) is 4.98 Å². The van der Waals surface area contributed by atoms with Gasteiger partial charge in [0.25, 0.3) is 0 Å². The van der Waals surface area contributed by atoms with Gasteiger partial charge in [-0.2, -0.15) is 0 Å². The monoisotopic (exact) mass is 268 g/mol. The number of nitrogens with one attached hydrogen (secondary N) is 1. The van der Waals surface area contributed by atoms with Crippen molar-refractivity contribution in [1.29, 1.82) is 0 Å². The van der Waals surface area contributed by atoms with Gasteiger partial charge in [0.2, 0.25) is 0 Å². The molecule has 0 amide bonds. The van der Waals surface area contributed by atoms with Crippen molar-refractivity contribution in [1.82, 2.24) is 14.9 Å². The molecule has 0 aromatic carbocycles. The van der Waals surface area contributed by atoms with Gasteiger partial charge in [0.1, 0.15) is 5.82 Å². The summed E-state index contributed by atoms with van der Waals surface area (Å²) in [6.07, 6.45) is 2.95. The van der Waals surface area contributed by atoms with E-state index in [2.05, 4.69) is 24.9 Å². The molecule has 0 spiro atoms. The summed E-state index contributed by atoms with van der Waals surface area (Å²) in [7, 11) is 5.01. The Labute approximate surface area is 112 Å². The van der Waals surface area contributed by atoms with E-state index in [1.807, 2.05) is 7.05 Å². The fourth-order valence-electron chi connectivity index (χ4n) is 1.39. The zero-order chi connectivity index (χ0) is 14.1. The topological polar surface area (TPSA) is 76.6 Å². The zero-order valence-electron chi connectivity index (χ0n) is 11.5. The lowest BCUT2D eigenvalue weighted by Crippen LogP contribution is -2.28. The van der Waals surface area contributed by atoms with Crippen LogP contribution in [-0.4, -0.2) is 68.3 Å². The van der Waals surface area contributed by atoms with Crippen molar-refractivity contribution in [2.24, 2.45) is 0 Å². The van der Waals surface area contributed by atoms with E-state index in [4.69, 9.17) is 4.74 Å². The molecular formula is C12H20N4O3. The second kappa shape index (κ2) is 8.39. The van der Waals surface area contributed by atoms with E-state index in [0.29, 0.717) is 19.0 Å². The first-order valence-corrected chi connectivity index (χ1v) is 5.99. The molecule has 1 N–H and O–H groups in total. The summed E-state index contributed by atoms with van der Waals surface area (Å²) in [5.74, 6) is 0.0661. The van der Waals surface area contributed by atoms with Crippen molar-refractivity contribution in [2.75, 3.05) is 52.8 Å². The van der Waals surface area contributed by atoms with E-state index in [1.165, 1.54) is 13.3 Å². The molecule has 0 aliphatic rings. The van der Waals surface area contributed by atoms with E-state index < -0.39 is 5.97 Å². The van der Waals surface area contributed by atoms with Crippen LogP contribution in [0.2, 0.25) is 0 Å². The normalized spacial score (nSPS) is 10.5. The minimum absolute atomic E-state index is 0.195. The minimum atomic E-state index is -0.492. The Kier molecular flexibility index (Phi) is 6.76. The number of carbonyl (C=O) groups is 1. The average molecular weight is 268 g/mol. The van der Waals surface area contributed by atoms with Crippen LogP contribution in [0.5, 0.6) is 0 Å². The molecule has 0 fully saturated rings. The lowest BCUT2D eigenvalue weighted by Gasteiger charge is -2.16. The van der Waals surface area contributed by atoms with Gasteiger partial charge >= 0.3 is 5.97 Å². The van der Waals surface area contributed by atoms with Crippen LogP contribution in [0.4, 0.5) is 5.82 Å². The first kappa shape index (κ1) is 15.3. The molecule has 0 bridgehead atoms. The third kappa shape index (κ3) is 5.62. The third-order valence-corrected chi connectivity index (χ3v) is 2.51. The quantitative estimate of drug-likeness (QED) is 0.677. The SMILES string of the molecule is COCCN(C)CCNc1cncc(C(=O)OC)n1. The summed E-state index contributed by atoms with van der Waals surface area (Å²) in [5, 5.41) is 3.11. The highest BCUT2D eigenvalue weighted by Gasteiger charge is 2.08. The standard InChI is InChI=1S/C12H20N4O3/c1-16(6-7-18-2)5-4-14-11-9-13-8-10(15-11)12(17)19-3/h8-9H,4-7H2,1-3H3,(H,14,15). The molecule has 7 heteroatoms. The van der Waals surface area contributed by atoms with Gasteiger partial charge in [-0.25, -0.2) is 9.78 Å². The van der Waals surface area contributed by atoms with E-state index in [1.54, 1.807) is 13.3 Å². The number of anilines is 1. The van der Waals surface area contributed by atoms with Gasteiger partial charge in [-0.1, -0.05) is 0 Å². The summed E-state index contributed by atoms with van der Waals surface area (Å²) in [5.41, 5.74) is 0.195. The van der Waals surface area contributed by atoms with Crippen molar-refractivity contribution in [3.63, 3.8) is 0 Å². The maximum absolute atomic E-state index is 11.3. The summed E-state index contributed by atoms with van der Waals surface area (Å²) < 4.78 is 9.58. The Morgan fingerprint density at radius 1 is 1.37 bits per heavy atom. The number of nitrogens with zero attached hydrogens (tertiary/aromatic N) is 3. The highest BCUT2D eigenvalue weighted by Crippen LogP contribution is 2.02.